The highest BCUT2D eigenvalue weighted by molar-refractivity contribution is 5.92. The SMILES string of the molecule is CC(=O)NCCc1c[nH]c2ccc(OC(=O)/C=C/c3ccc(C(F)(F)F)cc3)cc12.CC(=O)NCCc1c[nH]c2ccc(OC(=O)/C=C/c3ccccc3C(F)(F)F)cc12. The second kappa shape index (κ2) is 19.6. The first-order valence-corrected chi connectivity index (χ1v) is 18.3. The van der Waals surface area contributed by atoms with Crippen molar-refractivity contribution in [3.8, 4) is 11.5 Å². The molecule has 0 saturated carbocycles. The molecule has 0 aliphatic heterocycles. The minimum absolute atomic E-state index is 0.107. The van der Waals surface area contributed by atoms with E-state index in [0.29, 0.717) is 37.2 Å². The van der Waals surface area contributed by atoms with Crippen LogP contribution in [0.1, 0.15) is 47.2 Å². The Kier molecular flexibility index (Phi) is 14.4. The molecule has 0 spiro atoms. The summed E-state index contributed by atoms with van der Waals surface area (Å²) in [6.45, 7) is 3.84. The van der Waals surface area contributed by atoms with E-state index in [-0.39, 0.29) is 23.1 Å². The van der Waals surface area contributed by atoms with Crippen LogP contribution in [0.5, 0.6) is 11.5 Å². The number of aromatic amines is 2. The highest BCUT2D eigenvalue weighted by atomic mass is 19.4. The Balaban J connectivity index is 0.000000228. The largest absolute Gasteiger partial charge is 0.423 e. The lowest BCUT2D eigenvalue weighted by Crippen LogP contribution is -2.22. The van der Waals surface area contributed by atoms with Gasteiger partial charge in [-0.05, 0) is 102 Å². The number of hydrogen-bond donors (Lipinski definition) is 4. The van der Waals surface area contributed by atoms with E-state index in [4.69, 9.17) is 9.47 Å². The highest BCUT2D eigenvalue weighted by Crippen LogP contribution is 2.33. The molecule has 6 aromatic rings. The van der Waals surface area contributed by atoms with Crippen molar-refractivity contribution in [2.45, 2.75) is 39.0 Å². The number of carbonyl (C=O) groups is 4. The minimum atomic E-state index is -4.52. The second-order valence-corrected chi connectivity index (χ2v) is 13.2. The van der Waals surface area contributed by atoms with Crippen LogP contribution in [-0.2, 0) is 44.4 Å². The summed E-state index contributed by atoms with van der Waals surface area (Å²) in [6.07, 6.45) is 0.515. The van der Waals surface area contributed by atoms with Crippen LogP contribution in [0, 0.1) is 0 Å². The van der Waals surface area contributed by atoms with Crippen molar-refractivity contribution >= 4 is 57.7 Å². The van der Waals surface area contributed by atoms with Gasteiger partial charge in [-0.25, -0.2) is 9.59 Å². The predicted octanol–water partition coefficient (Wildman–Crippen LogP) is 8.97. The van der Waals surface area contributed by atoms with Gasteiger partial charge in [0, 0.05) is 73.3 Å². The van der Waals surface area contributed by atoms with E-state index < -0.39 is 35.4 Å². The van der Waals surface area contributed by atoms with Gasteiger partial charge in [0.2, 0.25) is 11.8 Å². The van der Waals surface area contributed by atoms with Crippen molar-refractivity contribution in [3.05, 3.63) is 143 Å². The molecule has 6 rings (SSSR count). The lowest BCUT2D eigenvalue weighted by Gasteiger charge is -2.09. The number of fused-ring (bicyclic) bond motifs is 2. The number of nitrogens with one attached hydrogen (secondary N) is 4. The molecule has 0 fully saturated rings. The summed E-state index contributed by atoms with van der Waals surface area (Å²) >= 11 is 0. The van der Waals surface area contributed by atoms with Gasteiger partial charge < -0.3 is 30.1 Å². The molecule has 0 bridgehead atoms. The van der Waals surface area contributed by atoms with Crippen LogP contribution in [0.2, 0.25) is 0 Å². The van der Waals surface area contributed by atoms with Gasteiger partial charge in [-0.1, -0.05) is 30.3 Å². The van der Waals surface area contributed by atoms with E-state index in [1.807, 2.05) is 12.4 Å². The summed E-state index contributed by atoms with van der Waals surface area (Å²) in [6, 6.07) is 19.6. The summed E-state index contributed by atoms with van der Waals surface area (Å²) in [5, 5.41) is 7.15. The number of esters is 2. The van der Waals surface area contributed by atoms with E-state index in [1.165, 1.54) is 50.3 Å². The van der Waals surface area contributed by atoms with Gasteiger partial charge in [-0.15, -0.1) is 0 Å². The molecule has 0 aliphatic rings. The molecule has 312 valence electrons. The third-order valence-electron chi connectivity index (χ3n) is 8.77. The van der Waals surface area contributed by atoms with Gasteiger partial charge in [0.25, 0.3) is 0 Å². The van der Waals surface area contributed by atoms with Crippen molar-refractivity contribution in [2.24, 2.45) is 0 Å². The van der Waals surface area contributed by atoms with Crippen LogP contribution in [0.3, 0.4) is 0 Å². The van der Waals surface area contributed by atoms with Crippen molar-refractivity contribution in [3.63, 3.8) is 0 Å². The van der Waals surface area contributed by atoms with Gasteiger partial charge in [-0.2, -0.15) is 26.3 Å². The van der Waals surface area contributed by atoms with Crippen LogP contribution in [-0.4, -0.2) is 46.8 Å². The lowest BCUT2D eigenvalue weighted by molar-refractivity contribution is -0.138. The third-order valence-corrected chi connectivity index (χ3v) is 8.77. The molecule has 0 saturated heterocycles. The number of ether oxygens (including phenoxy) is 2. The topological polar surface area (TPSA) is 142 Å². The molecule has 60 heavy (non-hydrogen) atoms. The predicted molar refractivity (Wildman–Crippen MR) is 214 cm³/mol. The fraction of sp³-hybridized carbons (Fsp3) is 0.182. The molecule has 16 heteroatoms. The molecular weight excluding hydrogens is 794 g/mol. The van der Waals surface area contributed by atoms with Crippen LogP contribution in [0.4, 0.5) is 26.3 Å². The molecule has 2 amide bonds. The normalized spacial score (nSPS) is 11.7. The van der Waals surface area contributed by atoms with Crippen LogP contribution < -0.4 is 20.1 Å². The first-order chi connectivity index (χ1) is 28.5. The van der Waals surface area contributed by atoms with Gasteiger partial charge in [0.05, 0.1) is 11.1 Å². The zero-order valence-electron chi connectivity index (χ0n) is 32.1. The Hall–Kier alpha value is -7.10. The maximum absolute atomic E-state index is 13.0. The Morgan fingerprint density at radius 1 is 0.617 bits per heavy atom. The molecule has 2 aromatic heterocycles. The van der Waals surface area contributed by atoms with Gasteiger partial charge in [0.1, 0.15) is 11.5 Å². The number of amides is 2. The zero-order valence-corrected chi connectivity index (χ0v) is 32.1. The Bertz CT molecular complexity index is 2530. The summed E-state index contributed by atoms with van der Waals surface area (Å²) in [5.41, 5.74) is 2.35. The Morgan fingerprint density at radius 2 is 1.10 bits per heavy atom. The van der Waals surface area contributed by atoms with E-state index >= 15 is 0 Å². The third kappa shape index (κ3) is 12.7. The minimum Gasteiger partial charge on any atom is -0.423 e. The van der Waals surface area contributed by atoms with Crippen LogP contribution >= 0.6 is 0 Å². The monoisotopic (exact) mass is 832 g/mol. The van der Waals surface area contributed by atoms with Gasteiger partial charge in [-0.3, -0.25) is 9.59 Å². The van der Waals surface area contributed by atoms with E-state index in [9.17, 15) is 45.5 Å². The summed E-state index contributed by atoms with van der Waals surface area (Å²) in [5.74, 6) is -1.06. The Morgan fingerprint density at radius 3 is 1.57 bits per heavy atom. The number of alkyl halides is 6. The maximum atomic E-state index is 13.0. The molecule has 0 atom stereocenters. The first-order valence-electron chi connectivity index (χ1n) is 18.3. The standard InChI is InChI=1S/2C22H19F3N2O3/c1-14(28)26-11-10-16-13-27-20-8-7-18(12-19(16)20)30-21(29)9-4-15-2-5-17(6-3-15)22(23,24)25;1-14(28)26-11-10-16-13-27-20-8-7-17(12-18(16)20)30-21(29)9-6-15-4-2-3-5-19(15)22(23,24)25/h2*2-9,12-13,27H,10-11H2,1H3,(H,26,28)/b9-4+;9-6+. The number of aromatic nitrogens is 2. The van der Waals surface area contributed by atoms with Gasteiger partial charge >= 0.3 is 24.3 Å². The molecule has 10 nitrogen and oxygen atoms in total. The van der Waals surface area contributed by atoms with Crippen molar-refractivity contribution in [1.82, 2.24) is 20.6 Å². The van der Waals surface area contributed by atoms with Crippen LogP contribution in [0.25, 0.3) is 34.0 Å². The number of hydrogen-bond acceptors (Lipinski definition) is 6. The van der Waals surface area contributed by atoms with Crippen molar-refractivity contribution < 1.29 is 55.0 Å². The molecule has 0 radical (unpaired) electrons. The molecule has 4 N–H and O–H groups in total. The number of halogens is 6. The average molecular weight is 833 g/mol. The van der Waals surface area contributed by atoms with Crippen molar-refractivity contribution in [1.29, 1.82) is 0 Å². The fourth-order valence-electron chi connectivity index (χ4n) is 5.91. The molecule has 2 heterocycles. The molecule has 0 unspecified atom stereocenters. The fourth-order valence-corrected chi connectivity index (χ4v) is 5.91. The number of carbonyl (C=O) groups excluding carboxylic acids is 4. The molecule has 4 aromatic carbocycles. The highest BCUT2D eigenvalue weighted by Gasteiger charge is 2.32. The van der Waals surface area contributed by atoms with Crippen molar-refractivity contribution in [2.75, 3.05) is 13.1 Å². The van der Waals surface area contributed by atoms with Crippen LogP contribution in [0.15, 0.2) is 109 Å². The van der Waals surface area contributed by atoms with E-state index in [2.05, 4.69) is 20.6 Å². The zero-order chi connectivity index (χ0) is 43.5. The van der Waals surface area contributed by atoms with E-state index in [0.717, 1.165) is 69.4 Å². The summed E-state index contributed by atoms with van der Waals surface area (Å²) < 4.78 is 87.4. The average Bonchev–Trinajstić information content (AvgIpc) is 3.79. The van der Waals surface area contributed by atoms with E-state index in [1.54, 1.807) is 36.4 Å². The van der Waals surface area contributed by atoms with Gasteiger partial charge in [0.15, 0.2) is 0 Å². The number of benzene rings is 4. The Labute approximate surface area is 339 Å². The number of H-pyrrole nitrogens is 2. The molecular formula is C44H38F6N4O6. The molecule has 0 aliphatic carbocycles. The smallest absolute Gasteiger partial charge is 0.416 e. The summed E-state index contributed by atoms with van der Waals surface area (Å²) in [7, 11) is 0. The lowest BCUT2D eigenvalue weighted by atomic mass is 10.1. The maximum Gasteiger partial charge on any atom is 0.416 e. The summed E-state index contributed by atoms with van der Waals surface area (Å²) in [4.78, 5) is 52.4. The number of rotatable bonds is 12. The second-order valence-electron chi connectivity index (χ2n) is 13.2. The quantitative estimate of drug-likeness (QED) is 0.0420. The first kappa shape index (κ1) is 44.0.